The zero-order valence-corrected chi connectivity index (χ0v) is 12.5. The number of nitrogens with zero attached hydrogens (tertiary/aromatic N) is 4. The maximum Gasteiger partial charge on any atom is 0.358 e. The summed E-state index contributed by atoms with van der Waals surface area (Å²) in [5.74, 6) is -0.997. The van der Waals surface area contributed by atoms with Crippen molar-refractivity contribution in [2.75, 3.05) is 19.6 Å². The maximum absolute atomic E-state index is 11.9. The highest BCUT2D eigenvalue weighted by Crippen LogP contribution is 2.21. The van der Waals surface area contributed by atoms with Gasteiger partial charge in [-0.2, -0.15) is 0 Å². The third-order valence-corrected chi connectivity index (χ3v) is 3.31. The first kappa shape index (κ1) is 15.4. The predicted octanol–water partition coefficient (Wildman–Crippen LogP) is 0.138. The quantitative estimate of drug-likeness (QED) is 0.801. The van der Waals surface area contributed by atoms with E-state index in [1.165, 1.54) is 10.9 Å². The number of aromatic carboxylic acids is 1. The smallest absolute Gasteiger partial charge is 0.358 e. The number of amides is 1. The molecule has 1 fully saturated rings. The van der Waals surface area contributed by atoms with Gasteiger partial charge < -0.3 is 15.3 Å². The molecule has 0 aromatic carbocycles. The number of carboxylic acid groups (broad SMARTS) is 1. The van der Waals surface area contributed by atoms with E-state index >= 15 is 0 Å². The molecule has 0 spiro atoms. The Kier molecular flexibility index (Phi) is 4.26. The fourth-order valence-corrected chi connectivity index (χ4v) is 2.08. The van der Waals surface area contributed by atoms with Gasteiger partial charge in [-0.05, 0) is 20.8 Å². The van der Waals surface area contributed by atoms with Gasteiger partial charge in [0.2, 0.25) is 5.91 Å². The minimum atomic E-state index is -1.10. The lowest BCUT2D eigenvalue weighted by Crippen LogP contribution is -2.51. The molecular weight excluding hydrogens is 274 g/mol. The van der Waals surface area contributed by atoms with Crippen molar-refractivity contribution in [2.45, 2.75) is 38.8 Å². The summed E-state index contributed by atoms with van der Waals surface area (Å²) in [5, 5.41) is 19.4. The standard InChI is InChI=1S/C13H21N5O3/c1-13(2,3)14-5-4-11(19)17-6-9(7-17)18-8-10(12(20)21)15-16-18/h8-9,14H,4-7H2,1-3H3,(H,20,21). The number of likely N-dealkylation sites (tertiary alicyclic amines) is 1. The van der Waals surface area contributed by atoms with Crippen LogP contribution in [0.15, 0.2) is 6.20 Å². The molecule has 21 heavy (non-hydrogen) atoms. The molecule has 0 atom stereocenters. The molecule has 1 saturated heterocycles. The van der Waals surface area contributed by atoms with Gasteiger partial charge in [-0.3, -0.25) is 4.79 Å². The highest BCUT2D eigenvalue weighted by Gasteiger charge is 2.32. The minimum Gasteiger partial charge on any atom is -0.476 e. The van der Waals surface area contributed by atoms with Crippen molar-refractivity contribution in [1.82, 2.24) is 25.2 Å². The van der Waals surface area contributed by atoms with Gasteiger partial charge in [0.25, 0.3) is 0 Å². The lowest BCUT2D eigenvalue weighted by atomic mass is 10.1. The molecule has 0 saturated carbocycles. The molecule has 8 nitrogen and oxygen atoms in total. The van der Waals surface area contributed by atoms with Crippen molar-refractivity contribution in [3.8, 4) is 0 Å². The minimum absolute atomic E-state index is 0.00568. The van der Waals surface area contributed by atoms with Crippen LogP contribution in [-0.4, -0.2) is 62.0 Å². The summed E-state index contributed by atoms with van der Waals surface area (Å²) in [4.78, 5) is 24.4. The number of aromatic nitrogens is 3. The summed E-state index contributed by atoms with van der Waals surface area (Å²) >= 11 is 0. The molecule has 1 amide bonds. The van der Waals surface area contributed by atoms with Crippen LogP contribution in [0.5, 0.6) is 0 Å². The van der Waals surface area contributed by atoms with Crippen LogP contribution in [-0.2, 0) is 4.79 Å². The highest BCUT2D eigenvalue weighted by atomic mass is 16.4. The number of carboxylic acids is 1. The van der Waals surface area contributed by atoms with E-state index in [0.29, 0.717) is 26.1 Å². The average molecular weight is 295 g/mol. The van der Waals surface area contributed by atoms with Crippen LogP contribution in [0.25, 0.3) is 0 Å². The van der Waals surface area contributed by atoms with Crippen molar-refractivity contribution in [1.29, 1.82) is 0 Å². The molecular formula is C13H21N5O3. The van der Waals surface area contributed by atoms with Gasteiger partial charge in [-0.1, -0.05) is 5.21 Å². The van der Waals surface area contributed by atoms with Gasteiger partial charge >= 0.3 is 5.97 Å². The Hall–Kier alpha value is -1.96. The second kappa shape index (κ2) is 5.80. The Bertz CT molecular complexity index is 528. The zero-order valence-electron chi connectivity index (χ0n) is 12.5. The van der Waals surface area contributed by atoms with Crippen molar-refractivity contribution in [3.05, 3.63) is 11.9 Å². The zero-order chi connectivity index (χ0) is 15.6. The molecule has 8 heteroatoms. The van der Waals surface area contributed by atoms with Crippen molar-refractivity contribution < 1.29 is 14.7 Å². The molecule has 0 radical (unpaired) electrons. The van der Waals surface area contributed by atoms with E-state index in [9.17, 15) is 9.59 Å². The summed E-state index contributed by atoms with van der Waals surface area (Å²) in [6.45, 7) is 7.93. The SMILES string of the molecule is CC(C)(C)NCCC(=O)N1CC(n2cc(C(=O)O)nn2)C1. The first-order valence-electron chi connectivity index (χ1n) is 6.94. The van der Waals surface area contributed by atoms with Crippen LogP contribution >= 0.6 is 0 Å². The molecule has 0 unspecified atom stereocenters. The van der Waals surface area contributed by atoms with Crippen LogP contribution in [0.2, 0.25) is 0 Å². The van der Waals surface area contributed by atoms with Crippen LogP contribution in [0.1, 0.15) is 43.7 Å². The topological polar surface area (TPSA) is 100 Å². The van der Waals surface area contributed by atoms with Crippen LogP contribution < -0.4 is 5.32 Å². The fourth-order valence-electron chi connectivity index (χ4n) is 2.08. The monoisotopic (exact) mass is 295 g/mol. The van der Waals surface area contributed by atoms with E-state index < -0.39 is 5.97 Å². The molecule has 0 aliphatic carbocycles. The summed E-state index contributed by atoms with van der Waals surface area (Å²) in [6, 6.07) is 0.0186. The molecule has 1 aliphatic rings. The number of rotatable bonds is 5. The Morgan fingerprint density at radius 3 is 2.62 bits per heavy atom. The van der Waals surface area contributed by atoms with Gasteiger partial charge in [-0.25, -0.2) is 9.48 Å². The van der Waals surface area contributed by atoms with Crippen molar-refractivity contribution in [2.24, 2.45) is 0 Å². The van der Waals surface area contributed by atoms with E-state index in [0.717, 1.165) is 0 Å². The largest absolute Gasteiger partial charge is 0.476 e. The van der Waals surface area contributed by atoms with E-state index in [-0.39, 0.29) is 23.2 Å². The molecule has 1 aromatic heterocycles. The van der Waals surface area contributed by atoms with Crippen molar-refractivity contribution >= 4 is 11.9 Å². The van der Waals surface area contributed by atoms with Gasteiger partial charge in [-0.15, -0.1) is 5.10 Å². The van der Waals surface area contributed by atoms with Gasteiger partial charge in [0, 0.05) is 31.6 Å². The first-order chi connectivity index (χ1) is 9.76. The van der Waals surface area contributed by atoms with Crippen LogP contribution in [0.3, 0.4) is 0 Å². The third-order valence-electron chi connectivity index (χ3n) is 3.31. The Balaban J connectivity index is 1.75. The molecule has 0 bridgehead atoms. The molecule has 2 rings (SSSR count). The number of carbonyl (C=O) groups excluding carboxylic acids is 1. The van der Waals surface area contributed by atoms with Gasteiger partial charge in [0.1, 0.15) is 0 Å². The molecule has 1 aliphatic heterocycles. The Labute approximate surface area is 123 Å². The summed E-state index contributed by atoms with van der Waals surface area (Å²) in [6.07, 6.45) is 1.86. The van der Waals surface area contributed by atoms with Crippen molar-refractivity contribution in [3.63, 3.8) is 0 Å². The molecule has 2 heterocycles. The molecule has 116 valence electrons. The summed E-state index contributed by atoms with van der Waals surface area (Å²) in [7, 11) is 0. The third kappa shape index (κ3) is 4.01. The van der Waals surface area contributed by atoms with Crippen LogP contribution in [0, 0.1) is 0 Å². The lowest BCUT2D eigenvalue weighted by Gasteiger charge is -2.39. The number of nitrogens with one attached hydrogen (secondary N) is 1. The fraction of sp³-hybridized carbons (Fsp3) is 0.692. The summed E-state index contributed by atoms with van der Waals surface area (Å²) in [5.41, 5.74) is -0.0692. The Morgan fingerprint density at radius 2 is 2.10 bits per heavy atom. The highest BCUT2D eigenvalue weighted by molar-refractivity contribution is 5.84. The molecule has 2 N–H and O–H groups in total. The maximum atomic E-state index is 11.9. The van der Waals surface area contributed by atoms with E-state index in [1.807, 2.05) is 0 Å². The number of carbonyl (C=O) groups is 2. The van der Waals surface area contributed by atoms with Gasteiger partial charge in [0.05, 0.1) is 12.2 Å². The van der Waals surface area contributed by atoms with E-state index in [2.05, 4.69) is 36.4 Å². The number of hydrogen-bond acceptors (Lipinski definition) is 5. The normalized spacial score (nSPS) is 15.9. The summed E-state index contributed by atoms with van der Waals surface area (Å²) < 4.78 is 1.51. The van der Waals surface area contributed by atoms with Gasteiger partial charge in [0.15, 0.2) is 5.69 Å². The predicted molar refractivity (Wildman–Crippen MR) is 75.0 cm³/mol. The van der Waals surface area contributed by atoms with E-state index in [1.54, 1.807) is 4.90 Å². The lowest BCUT2D eigenvalue weighted by molar-refractivity contribution is -0.137. The van der Waals surface area contributed by atoms with E-state index in [4.69, 9.17) is 5.11 Å². The Morgan fingerprint density at radius 1 is 1.43 bits per heavy atom. The van der Waals surface area contributed by atoms with Crippen LogP contribution in [0.4, 0.5) is 0 Å². The average Bonchev–Trinajstić information content (AvgIpc) is 2.74. The molecule has 1 aromatic rings. The second-order valence-electron chi connectivity index (χ2n) is 6.27. The second-order valence-corrected chi connectivity index (χ2v) is 6.27. The first-order valence-corrected chi connectivity index (χ1v) is 6.94. The number of hydrogen-bond donors (Lipinski definition) is 2.